The minimum absolute atomic E-state index is 0.00820. The van der Waals surface area contributed by atoms with Gasteiger partial charge in [-0.25, -0.2) is 8.42 Å². The van der Waals surface area contributed by atoms with E-state index in [0.717, 1.165) is 9.87 Å². The first-order valence-electron chi connectivity index (χ1n) is 14.2. The Morgan fingerprint density at radius 1 is 0.795 bits per heavy atom. The number of nitrogens with zero attached hydrogens (tertiary/aromatic N) is 2. The summed E-state index contributed by atoms with van der Waals surface area (Å²) in [6, 6.07) is 28.2. The Labute approximate surface area is 269 Å². The molecular formula is C34H35Cl2N3O4S. The highest BCUT2D eigenvalue weighted by molar-refractivity contribution is 7.92. The number of nitrogens with one attached hydrogen (secondary N) is 1. The number of hydrogen-bond acceptors (Lipinski definition) is 4. The van der Waals surface area contributed by atoms with Crippen LogP contribution in [0.15, 0.2) is 108 Å². The van der Waals surface area contributed by atoms with Crippen molar-refractivity contribution >= 4 is 50.7 Å². The van der Waals surface area contributed by atoms with Crippen molar-refractivity contribution in [3.8, 4) is 0 Å². The molecule has 4 aromatic rings. The highest BCUT2D eigenvalue weighted by atomic mass is 35.5. The third-order valence-corrected chi connectivity index (χ3v) is 9.55. The molecule has 0 heterocycles. The summed E-state index contributed by atoms with van der Waals surface area (Å²) in [6.07, 6.45) is 0.211. The first-order valence-corrected chi connectivity index (χ1v) is 16.4. The van der Waals surface area contributed by atoms with Gasteiger partial charge in [0.1, 0.15) is 12.6 Å². The van der Waals surface area contributed by atoms with Crippen molar-refractivity contribution < 1.29 is 18.0 Å². The number of carbonyl (C=O) groups is 2. The summed E-state index contributed by atoms with van der Waals surface area (Å²) in [4.78, 5) is 29.7. The molecule has 44 heavy (non-hydrogen) atoms. The quantitative estimate of drug-likeness (QED) is 0.186. The predicted octanol–water partition coefficient (Wildman–Crippen LogP) is 6.66. The molecule has 0 spiro atoms. The summed E-state index contributed by atoms with van der Waals surface area (Å²) in [6.45, 7) is 4.92. The minimum Gasteiger partial charge on any atom is -0.352 e. The van der Waals surface area contributed by atoms with Gasteiger partial charge >= 0.3 is 0 Å². The molecular weight excluding hydrogens is 617 g/mol. The fourth-order valence-electron chi connectivity index (χ4n) is 4.85. The monoisotopic (exact) mass is 651 g/mol. The van der Waals surface area contributed by atoms with Gasteiger partial charge in [0, 0.05) is 19.0 Å². The average molecular weight is 653 g/mol. The number of hydrogen-bond donors (Lipinski definition) is 1. The van der Waals surface area contributed by atoms with Crippen molar-refractivity contribution in [2.75, 3.05) is 10.8 Å². The number of anilines is 1. The summed E-state index contributed by atoms with van der Waals surface area (Å²) in [5, 5.41) is 3.60. The van der Waals surface area contributed by atoms with E-state index in [0.29, 0.717) is 26.9 Å². The highest BCUT2D eigenvalue weighted by Crippen LogP contribution is 2.28. The van der Waals surface area contributed by atoms with Gasteiger partial charge in [-0.3, -0.25) is 13.9 Å². The van der Waals surface area contributed by atoms with Crippen LogP contribution in [0.5, 0.6) is 0 Å². The third-order valence-electron chi connectivity index (χ3n) is 7.03. The zero-order valence-electron chi connectivity index (χ0n) is 24.8. The SMILES string of the molecule is Cc1ccccc1N(CC(=O)N(Cc1ccc(Cl)c(Cl)c1)[C@@H](Cc1ccccc1)C(=O)NC(C)C)S(=O)(=O)c1ccccc1. The lowest BCUT2D eigenvalue weighted by Crippen LogP contribution is -2.54. The van der Waals surface area contributed by atoms with Crippen LogP contribution in [-0.4, -0.2) is 43.8 Å². The number of rotatable bonds is 12. The fraction of sp³-hybridized carbons (Fsp3) is 0.235. The summed E-state index contributed by atoms with van der Waals surface area (Å²) < 4.78 is 29.2. The minimum atomic E-state index is -4.17. The van der Waals surface area contributed by atoms with Gasteiger partial charge in [-0.15, -0.1) is 0 Å². The van der Waals surface area contributed by atoms with E-state index in [9.17, 15) is 18.0 Å². The molecule has 0 saturated carbocycles. The molecule has 4 rings (SSSR count). The normalized spacial score (nSPS) is 12.0. The molecule has 0 aliphatic heterocycles. The summed E-state index contributed by atoms with van der Waals surface area (Å²) in [5.74, 6) is -0.913. The molecule has 0 radical (unpaired) electrons. The number of benzene rings is 4. The van der Waals surface area contributed by atoms with Gasteiger partial charge in [-0.2, -0.15) is 0 Å². The zero-order valence-corrected chi connectivity index (χ0v) is 27.1. The standard InChI is InChI=1S/C34H35Cl2N3O4S/c1-24(2)37-34(41)32(21-26-13-6-4-7-14-26)38(22-27-18-19-29(35)30(36)20-27)33(40)23-39(31-17-11-10-12-25(31)3)44(42,43)28-15-8-5-9-16-28/h4-20,24,32H,21-23H2,1-3H3,(H,37,41)/t32-/m0/s1. The molecule has 0 fully saturated rings. The predicted molar refractivity (Wildman–Crippen MR) is 176 cm³/mol. The van der Waals surface area contributed by atoms with E-state index in [1.165, 1.54) is 17.0 Å². The second kappa shape index (κ2) is 14.8. The van der Waals surface area contributed by atoms with Gasteiger partial charge in [0.05, 0.1) is 20.6 Å². The van der Waals surface area contributed by atoms with E-state index in [2.05, 4.69) is 5.32 Å². The van der Waals surface area contributed by atoms with Crippen LogP contribution in [0.3, 0.4) is 0 Å². The number of para-hydroxylation sites is 1. The Hall–Kier alpha value is -3.85. The van der Waals surface area contributed by atoms with E-state index >= 15 is 0 Å². The Balaban J connectivity index is 1.82. The number of amides is 2. The Kier molecular flexibility index (Phi) is 11.1. The Bertz CT molecular complexity index is 1700. The molecule has 1 N–H and O–H groups in total. The summed E-state index contributed by atoms with van der Waals surface area (Å²) >= 11 is 12.5. The molecule has 0 bridgehead atoms. The average Bonchev–Trinajstić information content (AvgIpc) is 3.00. The molecule has 2 amide bonds. The van der Waals surface area contributed by atoms with E-state index in [1.54, 1.807) is 67.6 Å². The first kappa shape index (κ1) is 33.1. The Morgan fingerprint density at radius 3 is 2.02 bits per heavy atom. The summed E-state index contributed by atoms with van der Waals surface area (Å²) in [5.41, 5.74) is 2.52. The van der Waals surface area contributed by atoms with Crippen LogP contribution >= 0.6 is 23.2 Å². The lowest BCUT2D eigenvalue weighted by Gasteiger charge is -2.34. The lowest BCUT2D eigenvalue weighted by atomic mass is 10.0. The number of aryl methyl sites for hydroxylation is 1. The van der Waals surface area contributed by atoms with Gasteiger partial charge in [0.25, 0.3) is 10.0 Å². The molecule has 4 aromatic carbocycles. The van der Waals surface area contributed by atoms with E-state index < -0.39 is 28.5 Å². The van der Waals surface area contributed by atoms with Crippen LogP contribution in [0.2, 0.25) is 10.0 Å². The topological polar surface area (TPSA) is 86.8 Å². The second-order valence-electron chi connectivity index (χ2n) is 10.8. The molecule has 0 aliphatic carbocycles. The van der Waals surface area contributed by atoms with Gasteiger partial charge in [0.2, 0.25) is 11.8 Å². The molecule has 0 saturated heterocycles. The van der Waals surface area contributed by atoms with Gasteiger partial charge in [-0.05, 0) is 67.8 Å². The van der Waals surface area contributed by atoms with Gasteiger partial charge in [-0.1, -0.05) is 96.0 Å². The molecule has 10 heteroatoms. The second-order valence-corrected chi connectivity index (χ2v) is 13.4. The molecule has 0 aliphatic rings. The third kappa shape index (κ3) is 8.20. The molecule has 1 atom stereocenters. The van der Waals surface area contributed by atoms with Crippen LogP contribution in [0.25, 0.3) is 0 Å². The maximum absolute atomic E-state index is 14.5. The van der Waals surface area contributed by atoms with Crippen molar-refractivity contribution in [3.05, 3.63) is 130 Å². The zero-order chi connectivity index (χ0) is 31.9. The van der Waals surface area contributed by atoms with Crippen LogP contribution in [0, 0.1) is 6.92 Å². The van der Waals surface area contributed by atoms with Crippen LogP contribution < -0.4 is 9.62 Å². The van der Waals surface area contributed by atoms with Crippen LogP contribution in [0.1, 0.15) is 30.5 Å². The van der Waals surface area contributed by atoms with Crippen LogP contribution in [0.4, 0.5) is 5.69 Å². The summed E-state index contributed by atoms with van der Waals surface area (Å²) in [7, 11) is -4.17. The molecule has 230 valence electrons. The van der Waals surface area contributed by atoms with Crippen molar-refractivity contribution in [1.29, 1.82) is 0 Å². The molecule has 7 nitrogen and oxygen atoms in total. The lowest BCUT2D eigenvalue weighted by molar-refractivity contribution is -0.140. The largest absolute Gasteiger partial charge is 0.352 e. The van der Waals surface area contributed by atoms with Crippen LogP contribution in [-0.2, 0) is 32.6 Å². The van der Waals surface area contributed by atoms with E-state index in [-0.39, 0.29) is 29.8 Å². The molecule has 0 aromatic heterocycles. The number of sulfonamides is 1. The van der Waals surface area contributed by atoms with Crippen molar-refractivity contribution in [2.45, 2.75) is 50.7 Å². The number of halogens is 2. The van der Waals surface area contributed by atoms with E-state index in [4.69, 9.17) is 23.2 Å². The highest BCUT2D eigenvalue weighted by Gasteiger charge is 2.35. The van der Waals surface area contributed by atoms with Gasteiger partial charge < -0.3 is 10.2 Å². The fourth-order valence-corrected chi connectivity index (χ4v) is 6.67. The maximum atomic E-state index is 14.5. The molecule has 0 unspecified atom stereocenters. The van der Waals surface area contributed by atoms with Crippen molar-refractivity contribution in [1.82, 2.24) is 10.2 Å². The Morgan fingerprint density at radius 2 is 1.41 bits per heavy atom. The first-order chi connectivity index (χ1) is 21.0. The maximum Gasteiger partial charge on any atom is 0.264 e. The van der Waals surface area contributed by atoms with Crippen molar-refractivity contribution in [2.24, 2.45) is 0 Å². The smallest absolute Gasteiger partial charge is 0.264 e. The van der Waals surface area contributed by atoms with Gasteiger partial charge in [0.15, 0.2) is 0 Å². The van der Waals surface area contributed by atoms with E-state index in [1.807, 2.05) is 44.2 Å². The van der Waals surface area contributed by atoms with Crippen molar-refractivity contribution in [3.63, 3.8) is 0 Å². The number of carbonyl (C=O) groups excluding carboxylic acids is 2.